The van der Waals surface area contributed by atoms with Crippen molar-refractivity contribution in [1.29, 1.82) is 0 Å². The number of pyridine rings is 2. The molecule has 5 rings (SSSR count). The Morgan fingerprint density at radius 3 is 2.42 bits per heavy atom. The molecule has 0 amide bonds. The minimum atomic E-state index is -4.54. The maximum atomic E-state index is 13.2. The molecule has 0 aromatic carbocycles. The number of nitrogens with zero attached hydrogens (tertiary/aromatic N) is 8. The SMILES string of the molecule is Cc1ncc(C(C)n2c(CCN(C)c3ccccn3)c(SC(C)(C)C)c3cc(OCc4cccc(C(F)(F)F)n4)nnc32)cn1. The van der Waals surface area contributed by atoms with Gasteiger partial charge >= 0.3 is 6.18 Å². The first-order chi connectivity index (χ1) is 21.3. The molecule has 0 spiro atoms. The molecule has 0 aliphatic rings. The molecule has 5 aromatic rings. The van der Waals surface area contributed by atoms with Crippen LogP contribution in [0.2, 0.25) is 0 Å². The van der Waals surface area contributed by atoms with Crippen molar-refractivity contribution < 1.29 is 17.9 Å². The lowest BCUT2D eigenvalue weighted by molar-refractivity contribution is -0.141. The zero-order valence-corrected chi connectivity index (χ0v) is 26.8. The van der Waals surface area contributed by atoms with Crippen LogP contribution >= 0.6 is 11.8 Å². The molecule has 9 nitrogen and oxygen atoms in total. The van der Waals surface area contributed by atoms with Crippen LogP contribution in [0.3, 0.4) is 0 Å². The molecule has 0 bridgehead atoms. The van der Waals surface area contributed by atoms with Crippen LogP contribution in [0.15, 0.2) is 66.0 Å². The fraction of sp³-hybridized carbons (Fsp3) is 0.375. The Morgan fingerprint density at radius 1 is 1.00 bits per heavy atom. The smallest absolute Gasteiger partial charge is 0.433 e. The molecular weight excluding hydrogens is 601 g/mol. The Labute approximate surface area is 264 Å². The summed E-state index contributed by atoms with van der Waals surface area (Å²) < 4.78 is 47.5. The molecule has 0 saturated heterocycles. The summed E-state index contributed by atoms with van der Waals surface area (Å²) >= 11 is 1.72. The van der Waals surface area contributed by atoms with E-state index < -0.39 is 11.9 Å². The molecule has 1 atom stereocenters. The standard InChI is InChI=1S/C32H35F3N8OS/c1-20(22-17-37-21(2)38-18-22)43-25(13-15-42(6)27-12-7-8-14-36-27)29(45-31(3,4)5)24-16-28(40-41-30(24)43)44-19-23-10-9-11-26(39-23)32(33,34)35/h7-12,14,16-18,20H,13,15,19H2,1-6H3. The van der Waals surface area contributed by atoms with Gasteiger partial charge in [-0.25, -0.2) is 19.9 Å². The van der Waals surface area contributed by atoms with Gasteiger partial charge in [0.2, 0.25) is 5.88 Å². The first kappa shape index (κ1) is 32.1. The minimum absolute atomic E-state index is 0.139. The number of aryl methyl sites for hydroxylation is 1. The molecule has 5 aromatic heterocycles. The number of ether oxygens (including phenoxy) is 1. The summed E-state index contributed by atoms with van der Waals surface area (Å²) in [6, 6.07) is 11.2. The lowest BCUT2D eigenvalue weighted by Crippen LogP contribution is -2.23. The van der Waals surface area contributed by atoms with E-state index in [-0.39, 0.29) is 29.0 Å². The number of rotatable bonds is 10. The van der Waals surface area contributed by atoms with Gasteiger partial charge in [0.05, 0.1) is 11.7 Å². The van der Waals surface area contributed by atoms with Crippen LogP contribution in [0.1, 0.15) is 62.2 Å². The largest absolute Gasteiger partial charge is 0.470 e. The molecule has 1 unspecified atom stereocenters. The number of fused-ring (bicyclic) bond motifs is 1. The first-order valence-electron chi connectivity index (χ1n) is 14.5. The molecule has 0 radical (unpaired) electrons. The van der Waals surface area contributed by atoms with Gasteiger partial charge in [-0.3, -0.25) is 0 Å². The zero-order chi connectivity index (χ0) is 32.4. The van der Waals surface area contributed by atoms with Crippen molar-refractivity contribution in [2.45, 2.75) is 69.5 Å². The Morgan fingerprint density at radius 2 is 1.76 bits per heavy atom. The van der Waals surface area contributed by atoms with Crippen LogP contribution in [0.4, 0.5) is 19.0 Å². The Hall–Kier alpha value is -4.26. The van der Waals surface area contributed by atoms with Gasteiger partial charge in [-0.2, -0.15) is 13.2 Å². The number of thioether (sulfide) groups is 1. The predicted molar refractivity (Wildman–Crippen MR) is 169 cm³/mol. The van der Waals surface area contributed by atoms with E-state index in [0.29, 0.717) is 24.4 Å². The number of hydrogen-bond acceptors (Lipinski definition) is 9. The molecule has 0 saturated carbocycles. The molecule has 0 aliphatic carbocycles. The highest BCUT2D eigenvalue weighted by Gasteiger charge is 2.32. The Balaban J connectivity index is 1.57. The normalized spacial score (nSPS) is 12.8. The van der Waals surface area contributed by atoms with E-state index in [1.165, 1.54) is 12.1 Å². The highest BCUT2D eigenvalue weighted by molar-refractivity contribution is 8.00. The van der Waals surface area contributed by atoms with Crippen molar-refractivity contribution in [2.24, 2.45) is 0 Å². The quantitative estimate of drug-likeness (QED) is 0.149. The van der Waals surface area contributed by atoms with Crippen LogP contribution < -0.4 is 9.64 Å². The second-order valence-corrected chi connectivity index (χ2v) is 13.5. The predicted octanol–water partition coefficient (Wildman–Crippen LogP) is 7.10. The van der Waals surface area contributed by atoms with Gasteiger partial charge in [-0.15, -0.1) is 22.0 Å². The van der Waals surface area contributed by atoms with Crippen molar-refractivity contribution in [1.82, 2.24) is 34.7 Å². The van der Waals surface area contributed by atoms with Crippen molar-refractivity contribution >= 4 is 28.6 Å². The average Bonchev–Trinajstić information content (AvgIpc) is 3.29. The summed E-state index contributed by atoms with van der Waals surface area (Å²) in [6.07, 6.45) is 1.55. The second-order valence-electron chi connectivity index (χ2n) is 11.7. The Bertz CT molecular complexity index is 1760. The number of hydrogen-bond donors (Lipinski definition) is 0. The average molecular weight is 637 g/mol. The van der Waals surface area contributed by atoms with E-state index in [4.69, 9.17) is 4.74 Å². The maximum absolute atomic E-state index is 13.2. The van der Waals surface area contributed by atoms with Gasteiger partial charge in [0, 0.05) is 71.0 Å². The van der Waals surface area contributed by atoms with Crippen LogP contribution in [0, 0.1) is 6.92 Å². The van der Waals surface area contributed by atoms with Gasteiger partial charge in [0.15, 0.2) is 5.65 Å². The molecule has 0 fully saturated rings. The summed E-state index contributed by atoms with van der Waals surface area (Å²) in [5.74, 6) is 1.74. The van der Waals surface area contributed by atoms with E-state index >= 15 is 0 Å². The van der Waals surface area contributed by atoms with E-state index in [0.717, 1.165) is 33.4 Å². The summed E-state index contributed by atoms with van der Waals surface area (Å²) in [5.41, 5.74) is 1.81. The van der Waals surface area contributed by atoms with Crippen LogP contribution in [0.5, 0.6) is 5.88 Å². The number of halogens is 3. The first-order valence-corrected chi connectivity index (χ1v) is 15.3. The monoisotopic (exact) mass is 636 g/mol. The zero-order valence-electron chi connectivity index (χ0n) is 26.0. The van der Waals surface area contributed by atoms with E-state index in [2.05, 4.69) is 67.3 Å². The van der Waals surface area contributed by atoms with Gasteiger partial charge in [0.1, 0.15) is 23.9 Å². The van der Waals surface area contributed by atoms with Crippen molar-refractivity contribution in [2.75, 3.05) is 18.5 Å². The molecule has 0 N–H and O–H groups in total. The highest BCUT2D eigenvalue weighted by Crippen LogP contribution is 2.43. The summed E-state index contributed by atoms with van der Waals surface area (Å²) in [4.78, 5) is 20.2. The van der Waals surface area contributed by atoms with Gasteiger partial charge in [-0.1, -0.05) is 32.9 Å². The molecular formula is C32H35F3N8OS. The molecule has 236 valence electrons. The lowest BCUT2D eigenvalue weighted by Gasteiger charge is -2.23. The third kappa shape index (κ3) is 7.70. The molecule has 13 heteroatoms. The van der Waals surface area contributed by atoms with Crippen molar-refractivity contribution in [3.63, 3.8) is 0 Å². The number of likely N-dealkylation sites (N-methyl/N-ethyl adjacent to an activating group) is 1. The molecule has 0 aliphatic heterocycles. The number of aromatic nitrogens is 7. The van der Waals surface area contributed by atoms with E-state index in [9.17, 15) is 13.2 Å². The summed E-state index contributed by atoms with van der Waals surface area (Å²) in [5, 5.41) is 9.79. The fourth-order valence-corrected chi connectivity index (χ4v) is 6.04. The van der Waals surface area contributed by atoms with E-state index in [1.807, 2.05) is 50.6 Å². The van der Waals surface area contributed by atoms with Gasteiger partial charge < -0.3 is 14.2 Å². The maximum Gasteiger partial charge on any atom is 0.433 e. The fourth-order valence-electron chi connectivity index (χ4n) is 4.85. The second kappa shape index (κ2) is 13.0. The van der Waals surface area contributed by atoms with Gasteiger partial charge in [-0.05, 0) is 38.1 Å². The Kier molecular flexibility index (Phi) is 9.28. The molecule has 45 heavy (non-hydrogen) atoms. The highest BCUT2D eigenvalue weighted by atomic mass is 32.2. The number of anilines is 1. The molecule has 5 heterocycles. The lowest BCUT2D eigenvalue weighted by atomic mass is 10.1. The van der Waals surface area contributed by atoms with Gasteiger partial charge in [0.25, 0.3) is 0 Å². The van der Waals surface area contributed by atoms with Crippen LogP contribution in [0.25, 0.3) is 11.0 Å². The van der Waals surface area contributed by atoms with Crippen LogP contribution in [-0.2, 0) is 19.2 Å². The summed E-state index contributed by atoms with van der Waals surface area (Å²) in [6.45, 7) is 10.9. The van der Waals surface area contributed by atoms with Crippen molar-refractivity contribution in [3.8, 4) is 5.88 Å². The summed E-state index contributed by atoms with van der Waals surface area (Å²) in [7, 11) is 2.01. The topological polar surface area (TPSA) is 94.7 Å². The minimum Gasteiger partial charge on any atom is -0.470 e. The number of alkyl halides is 3. The third-order valence-corrected chi connectivity index (χ3v) is 8.32. The van der Waals surface area contributed by atoms with Crippen molar-refractivity contribution in [3.05, 3.63) is 89.5 Å². The van der Waals surface area contributed by atoms with E-state index in [1.54, 1.807) is 18.0 Å². The van der Waals surface area contributed by atoms with Crippen LogP contribution in [-0.4, -0.2) is 53.0 Å². The third-order valence-electron chi connectivity index (χ3n) is 7.05.